The standard InChI is InChI=1S/C14H18BrNO3/c1-14(2)4-3-12(19-14)8-18-13(17)9-5-10(15)7-11(16)6-9/h5-7,12H,3-4,8,16H2,1-2H3. The van der Waals surface area contributed by atoms with Gasteiger partial charge in [0.1, 0.15) is 6.61 Å². The van der Waals surface area contributed by atoms with Gasteiger partial charge >= 0.3 is 5.97 Å². The van der Waals surface area contributed by atoms with Crippen molar-refractivity contribution in [2.24, 2.45) is 0 Å². The summed E-state index contributed by atoms with van der Waals surface area (Å²) in [5.74, 6) is -0.374. The van der Waals surface area contributed by atoms with Gasteiger partial charge in [-0.05, 0) is 44.9 Å². The molecule has 1 aliphatic rings. The van der Waals surface area contributed by atoms with E-state index in [-0.39, 0.29) is 24.3 Å². The Bertz CT molecular complexity index is 467. The molecule has 4 nitrogen and oxygen atoms in total. The van der Waals surface area contributed by atoms with E-state index in [9.17, 15) is 4.79 Å². The van der Waals surface area contributed by atoms with E-state index >= 15 is 0 Å². The number of esters is 1. The van der Waals surface area contributed by atoms with Crippen LogP contribution in [-0.2, 0) is 9.47 Å². The fourth-order valence-corrected chi connectivity index (χ4v) is 2.69. The maximum atomic E-state index is 11.9. The van der Waals surface area contributed by atoms with E-state index in [4.69, 9.17) is 15.2 Å². The SMILES string of the molecule is CC1(C)CCC(COC(=O)c2cc(N)cc(Br)c2)O1. The highest BCUT2D eigenvalue weighted by atomic mass is 79.9. The van der Waals surface area contributed by atoms with E-state index in [0.717, 1.165) is 17.3 Å². The molecule has 0 spiro atoms. The molecule has 0 aromatic heterocycles. The fourth-order valence-electron chi connectivity index (χ4n) is 2.18. The monoisotopic (exact) mass is 327 g/mol. The van der Waals surface area contributed by atoms with Gasteiger partial charge in [0.25, 0.3) is 0 Å². The topological polar surface area (TPSA) is 61.5 Å². The summed E-state index contributed by atoms with van der Waals surface area (Å²) < 4.78 is 11.8. The fraction of sp³-hybridized carbons (Fsp3) is 0.500. The summed E-state index contributed by atoms with van der Waals surface area (Å²) in [7, 11) is 0. The van der Waals surface area contributed by atoms with Gasteiger partial charge in [0.05, 0.1) is 17.3 Å². The molecule has 0 bridgehead atoms. The number of hydrogen-bond acceptors (Lipinski definition) is 4. The Hall–Kier alpha value is -1.07. The Labute approximate surface area is 121 Å². The molecule has 1 fully saturated rings. The van der Waals surface area contributed by atoms with Gasteiger partial charge in [-0.1, -0.05) is 15.9 Å². The van der Waals surface area contributed by atoms with Crippen molar-refractivity contribution in [3.05, 3.63) is 28.2 Å². The molecule has 0 radical (unpaired) electrons. The highest BCUT2D eigenvalue weighted by molar-refractivity contribution is 9.10. The summed E-state index contributed by atoms with van der Waals surface area (Å²) in [6.07, 6.45) is 1.89. The van der Waals surface area contributed by atoms with Crippen molar-refractivity contribution >= 4 is 27.6 Å². The van der Waals surface area contributed by atoms with Gasteiger partial charge < -0.3 is 15.2 Å². The minimum absolute atomic E-state index is 0.0107. The van der Waals surface area contributed by atoms with Crippen LogP contribution in [-0.4, -0.2) is 24.3 Å². The third-order valence-electron chi connectivity index (χ3n) is 3.11. The third kappa shape index (κ3) is 3.94. The first kappa shape index (κ1) is 14.3. The lowest BCUT2D eigenvalue weighted by Crippen LogP contribution is -2.24. The molecule has 1 atom stereocenters. The van der Waals surface area contributed by atoms with Crippen LogP contribution in [0.5, 0.6) is 0 Å². The number of anilines is 1. The first-order chi connectivity index (χ1) is 8.85. The van der Waals surface area contributed by atoms with E-state index in [1.54, 1.807) is 18.2 Å². The largest absolute Gasteiger partial charge is 0.459 e. The molecule has 1 aliphatic heterocycles. The zero-order valence-electron chi connectivity index (χ0n) is 11.1. The molecular weight excluding hydrogens is 310 g/mol. The summed E-state index contributed by atoms with van der Waals surface area (Å²) in [5, 5.41) is 0. The van der Waals surface area contributed by atoms with Crippen LogP contribution in [0, 0.1) is 0 Å². The van der Waals surface area contributed by atoms with Gasteiger partial charge in [0.2, 0.25) is 0 Å². The molecule has 2 N–H and O–H groups in total. The summed E-state index contributed by atoms with van der Waals surface area (Å²) >= 11 is 3.30. The number of halogens is 1. The summed E-state index contributed by atoms with van der Waals surface area (Å²) in [6.45, 7) is 4.38. The zero-order valence-corrected chi connectivity index (χ0v) is 12.7. The lowest BCUT2D eigenvalue weighted by atomic mass is 10.1. The maximum Gasteiger partial charge on any atom is 0.338 e. The van der Waals surface area contributed by atoms with Crippen molar-refractivity contribution in [2.75, 3.05) is 12.3 Å². The van der Waals surface area contributed by atoms with Crippen LogP contribution in [0.25, 0.3) is 0 Å². The molecule has 0 amide bonds. The Morgan fingerprint density at radius 2 is 2.26 bits per heavy atom. The third-order valence-corrected chi connectivity index (χ3v) is 3.57. The highest BCUT2D eigenvalue weighted by Gasteiger charge is 2.32. The lowest BCUT2D eigenvalue weighted by Gasteiger charge is -2.19. The van der Waals surface area contributed by atoms with Crippen molar-refractivity contribution < 1.29 is 14.3 Å². The summed E-state index contributed by atoms with van der Waals surface area (Å²) in [5.41, 5.74) is 6.55. The van der Waals surface area contributed by atoms with Gasteiger partial charge in [0.15, 0.2) is 0 Å². The van der Waals surface area contributed by atoms with E-state index in [1.807, 2.05) is 13.8 Å². The Balaban J connectivity index is 1.91. The van der Waals surface area contributed by atoms with Crippen LogP contribution in [0.1, 0.15) is 37.0 Å². The van der Waals surface area contributed by atoms with Crippen molar-refractivity contribution in [2.45, 2.75) is 38.4 Å². The van der Waals surface area contributed by atoms with Crippen LogP contribution in [0.3, 0.4) is 0 Å². The molecule has 104 valence electrons. The molecule has 1 unspecified atom stereocenters. The first-order valence-corrected chi connectivity index (χ1v) is 7.06. The summed E-state index contributed by atoms with van der Waals surface area (Å²) in [6, 6.07) is 5.03. The predicted octanol–water partition coefficient (Wildman–Crippen LogP) is 3.15. The molecular formula is C14H18BrNO3. The maximum absolute atomic E-state index is 11.9. The van der Waals surface area contributed by atoms with Crippen LogP contribution in [0.15, 0.2) is 22.7 Å². The molecule has 19 heavy (non-hydrogen) atoms. The smallest absolute Gasteiger partial charge is 0.338 e. The van der Waals surface area contributed by atoms with Gasteiger partial charge in [-0.3, -0.25) is 0 Å². The van der Waals surface area contributed by atoms with Gasteiger partial charge in [-0.2, -0.15) is 0 Å². The van der Waals surface area contributed by atoms with E-state index in [2.05, 4.69) is 15.9 Å². The van der Waals surface area contributed by atoms with E-state index < -0.39 is 0 Å². The minimum Gasteiger partial charge on any atom is -0.459 e. The number of rotatable bonds is 3. The Kier molecular flexibility index (Phi) is 4.16. The van der Waals surface area contributed by atoms with Crippen molar-refractivity contribution in [3.63, 3.8) is 0 Å². The average molecular weight is 328 g/mol. The van der Waals surface area contributed by atoms with E-state index in [0.29, 0.717) is 11.3 Å². The number of benzene rings is 1. The highest BCUT2D eigenvalue weighted by Crippen LogP contribution is 2.29. The number of carbonyl (C=O) groups is 1. The Morgan fingerprint density at radius 1 is 1.53 bits per heavy atom. The number of nitrogen functional groups attached to an aromatic ring is 1. The van der Waals surface area contributed by atoms with Crippen molar-refractivity contribution in [1.82, 2.24) is 0 Å². The van der Waals surface area contributed by atoms with Crippen LogP contribution in [0.2, 0.25) is 0 Å². The van der Waals surface area contributed by atoms with Crippen LogP contribution >= 0.6 is 15.9 Å². The molecule has 1 saturated heterocycles. The number of nitrogens with two attached hydrogens (primary N) is 1. The van der Waals surface area contributed by atoms with Gasteiger partial charge in [-0.25, -0.2) is 4.79 Å². The molecule has 1 heterocycles. The number of ether oxygens (including phenoxy) is 2. The lowest BCUT2D eigenvalue weighted by molar-refractivity contribution is -0.0444. The predicted molar refractivity (Wildman–Crippen MR) is 77.0 cm³/mol. The molecule has 2 rings (SSSR count). The molecule has 0 aliphatic carbocycles. The second-order valence-corrected chi connectivity index (χ2v) is 6.33. The summed E-state index contributed by atoms with van der Waals surface area (Å²) in [4.78, 5) is 11.9. The minimum atomic E-state index is -0.374. The van der Waals surface area contributed by atoms with Crippen molar-refractivity contribution in [3.8, 4) is 0 Å². The first-order valence-electron chi connectivity index (χ1n) is 6.27. The molecule has 1 aromatic rings. The molecule has 1 aromatic carbocycles. The second-order valence-electron chi connectivity index (χ2n) is 5.41. The zero-order chi connectivity index (χ0) is 14.0. The average Bonchev–Trinajstić information content (AvgIpc) is 2.64. The molecule has 0 saturated carbocycles. The van der Waals surface area contributed by atoms with Crippen molar-refractivity contribution in [1.29, 1.82) is 0 Å². The second kappa shape index (κ2) is 5.51. The quantitative estimate of drug-likeness (QED) is 0.684. The van der Waals surface area contributed by atoms with Crippen LogP contribution in [0.4, 0.5) is 5.69 Å². The molecule has 5 heteroatoms. The Morgan fingerprint density at radius 3 is 2.84 bits per heavy atom. The van der Waals surface area contributed by atoms with Crippen LogP contribution < -0.4 is 5.73 Å². The number of carbonyl (C=O) groups excluding carboxylic acids is 1. The normalized spacial score (nSPS) is 21.3. The number of hydrogen-bond donors (Lipinski definition) is 1. The van der Waals surface area contributed by atoms with E-state index in [1.165, 1.54) is 0 Å². The van der Waals surface area contributed by atoms with Gasteiger partial charge in [-0.15, -0.1) is 0 Å². The van der Waals surface area contributed by atoms with Gasteiger partial charge in [0, 0.05) is 10.2 Å².